The molecule has 0 aliphatic heterocycles. The number of rotatable bonds is 6. The lowest BCUT2D eigenvalue weighted by Crippen LogP contribution is -2.35. The van der Waals surface area contributed by atoms with E-state index < -0.39 is 0 Å². The van der Waals surface area contributed by atoms with Crippen LogP contribution >= 0.6 is 0 Å². The molecule has 0 N–H and O–H groups in total. The first-order valence-corrected chi connectivity index (χ1v) is 20.0. The Morgan fingerprint density at radius 3 is 1.45 bits per heavy atom. The lowest BCUT2D eigenvalue weighted by Gasteiger charge is -2.44. The predicted molar refractivity (Wildman–Crippen MR) is 235 cm³/mol. The second kappa shape index (κ2) is 13.0. The summed E-state index contributed by atoms with van der Waals surface area (Å²) < 4.78 is 0. The topological polar surface area (TPSA) is 3.24 Å². The van der Waals surface area contributed by atoms with Crippen molar-refractivity contribution >= 4 is 17.1 Å². The normalized spacial score (nSPS) is 15.8. The minimum absolute atomic E-state index is 0.0269. The zero-order chi connectivity index (χ0) is 38.1. The molecule has 0 spiro atoms. The maximum absolute atomic E-state index is 2.55. The van der Waals surface area contributed by atoms with Gasteiger partial charge < -0.3 is 4.90 Å². The van der Waals surface area contributed by atoms with E-state index in [2.05, 4.69) is 211 Å². The largest absolute Gasteiger partial charge is 0.310 e. The van der Waals surface area contributed by atoms with E-state index in [9.17, 15) is 0 Å². The van der Waals surface area contributed by atoms with Crippen molar-refractivity contribution in [3.05, 3.63) is 186 Å². The number of hydrogen-bond acceptors (Lipinski definition) is 1. The van der Waals surface area contributed by atoms with Crippen molar-refractivity contribution in [1.29, 1.82) is 0 Å². The molecule has 7 aromatic rings. The third kappa shape index (κ3) is 5.84. The molecule has 55 heavy (non-hydrogen) atoms. The van der Waals surface area contributed by atoms with Crippen LogP contribution in [-0.2, 0) is 16.2 Å². The average Bonchev–Trinajstić information content (AvgIpc) is 3.42. The van der Waals surface area contributed by atoms with Gasteiger partial charge in [-0.25, -0.2) is 0 Å². The summed E-state index contributed by atoms with van der Waals surface area (Å²) in [6, 6.07) is 58.7. The summed E-state index contributed by atoms with van der Waals surface area (Å²) in [6.45, 7) is 17.0. The molecule has 0 radical (unpaired) electrons. The smallest absolute Gasteiger partial charge is 0.0543 e. The molecule has 7 aromatic carbocycles. The second-order valence-corrected chi connectivity index (χ2v) is 17.7. The summed E-state index contributed by atoms with van der Waals surface area (Å²) in [6.07, 6.45) is 2.34. The molecule has 0 amide bonds. The van der Waals surface area contributed by atoms with E-state index in [1.807, 2.05) is 0 Å². The van der Waals surface area contributed by atoms with E-state index >= 15 is 0 Å². The molecule has 1 nitrogen and oxygen atoms in total. The van der Waals surface area contributed by atoms with Crippen molar-refractivity contribution in [3.8, 4) is 44.5 Å². The molecule has 9 rings (SSSR count). The first-order chi connectivity index (χ1) is 26.4. The lowest BCUT2D eigenvalue weighted by molar-refractivity contribution is 0.331. The fourth-order valence-electron chi connectivity index (χ4n) is 9.81. The van der Waals surface area contributed by atoms with Gasteiger partial charge in [0, 0.05) is 22.4 Å². The number of fused-ring (bicyclic) bond motifs is 4. The van der Waals surface area contributed by atoms with Crippen LogP contribution in [0, 0.1) is 6.92 Å². The summed E-state index contributed by atoms with van der Waals surface area (Å²) >= 11 is 0. The molecule has 0 atom stereocenters. The van der Waals surface area contributed by atoms with Crippen molar-refractivity contribution < 1.29 is 0 Å². The third-order valence-corrected chi connectivity index (χ3v) is 12.8. The number of nitrogens with zero attached hydrogens (tertiary/aromatic N) is 1. The average molecular weight is 714 g/mol. The summed E-state index contributed by atoms with van der Waals surface area (Å²) in [5.41, 5.74) is 20.9. The number of benzene rings is 7. The SMILES string of the molecule is Cc1ccc(-c2cc3c(cc2N(c2ccc(-c4ccccc4)cc2)c2ccc(-c4ccccc4)cc2)C(C)(C)c2ccccc2-3)c2c1C(C)(C)CCC2(C)C. The molecule has 0 bridgehead atoms. The van der Waals surface area contributed by atoms with Crippen molar-refractivity contribution in [2.75, 3.05) is 4.90 Å². The van der Waals surface area contributed by atoms with Crippen LogP contribution in [0.5, 0.6) is 0 Å². The molecule has 0 unspecified atom stereocenters. The van der Waals surface area contributed by atoms with Gasteiger partial charge in [0.1, 0.15) is 0 Å². The summed E-state index contributed by atoms with van der Waals surface area (Å²) in [5.74, 6) is 0. The Hall–Kier alpha value is -5.66. The van der Waals surface area contributed by atoms with Crippen LogP contribution in [0.2, 0.25) is 0 Å². The van der Waals surface area contributed by atoms with E-state index in [-0.39, 0.29) is 16.2 Å². The van der Waals surface area contributed by atoms with Crippen LogP contribution in [-0.4, -0.2) is 0 Å². The molecule has 1 heteroatoms. The molecular formula is C54H51N. The van der Waals surface area contributed by atoms with Crippen molar-refractivity contribution in [3.63, 3.8) is 0 Å². The molecule has 0 saturated carbocycles. The van der Waals surface area contributed by atoms with E-state index in [0.717, 1.165) is 17.8 Å². The second-order valence-electron chi connectivity index (χ2n) is 17.7. The minimum atomic E-state index is -0.146. The van der Waals surface area contributed by atoms with Crippen LogP contribution in [0.1, 0.15) is 82.2 Å². The highest BCUT2D eigenvalue weighted by molar-refractivity contribution is 5.96. The maximum Gasteiger partial charge on any atom is 0.0543 e. The van der Waals surface area contributed by atoms with Crippen LogP contribution in [0.15, 0.2) is 158 Å². The Labute approximate surface area is 328 Å². The highest BCUT2D eigenvalue weighted by Gasteiger charge is 2.42. The van der Waals surface area contributed by atoms with Crippen molar-refractivity contribution in [2.24, 2.45) is 0 Å². The summed E-state index contributed by atoms with van der Waals surface area (Å²) in [4.78, 5) is 2.52. The number of hydrogen-bond donors (Lipinski definition) is 0. The molecule has 0 heterocycles. The van der Waals surface area contributed by atoms with Gasteiger partial charge in [0.05, 0.1) is 5.69 Å². The molecule has 2 aliphatic carbocycles. The fourth-order valence-corrected chi connectivity index (χ4v) is 9.81. The van der Waals surface area contributed by atoms with E-state index in [0.29, 0.717) is 0 Å². The molecule has 0 fully saturated rings. The fraction of sp³-hybridized carbons (Fsp3) is 0.222. The van der Waals surface area contributed by atoms with Gasteiger partial charge in [0.2, 0.25) is 0 Å². The van der Waals surface area contributed by atoms with Crippen LogP contribution < -0.4 is 4.90 Å². The predicted octanol–water partition coefficient (Wildman–Crippen LogP) is 15.1. The first kappa shape index (κ1) is 35.1. The van der Waals surface area contributed by atoms with Gasteiger partial charge in [-0.1, -0.05) is 163 Å². The monoisotopic (exact) mass is 713 g/mol. The standard InChI is InChI=1S/C54H51N/c1-36-22-31-44(51-50(36)52(2,3)32-33-53(51,4)5)46-34-45-43-20-14-15-21-47(43)54(6,7)48(45)35-49(46)55(41-27-23-39(24-28-41)37-16-10-8-11-17-37)42-29-25-40(26-30-42)38-18-12-9-13-19-38/h8-31,34-35H,32-33H2,1-7H3. The van der Waals surface area contributed by atoms with Crippen molar-refractivity contribution in [2.45, 2.75) is 77.6 Å². The van der Waals surface area contributed by atoms with Gasteiger partial charge in [-0.05, 0) is 134 Å². The van der Waals surface area contributed by atoms with Crippen LogP contribution in [0.25, 0.3) is 44.5 Å². The zero-order valence-electron chi connectivity index (χ0n) is 33.4. The van der Waals surface area contributed by atoms with E-state index in [4.69, 9.17) is 0 Å². The molecule has 2 aliphatic rings. The molecule has 0 saturated heterocycles. The maximum atomic E-state index is 2.55. The third-order valence-electron chi connectivity index (χ3n) is 12.8. The van der Waals surface area contributed by atoms with Gasteiger partial charge in [0.25, 0.3) is 0 Å². The highest BCUT2D eigenvalue weighted by Crippen LogP contribution is 2.56. The molecular weight excluding hydrogens is 663 g/mol. The Morgan fingerprint density at radius 2 is 0.891 bits per heavy atom. The van der Waals surface area contributed by atoms with E-state index in [1.165, 1.54) is 84.4 Å². The Morgan fingerprint density at radius 1 is 0.400 bits per heavy atom. The summed E-state index contributed by atoms with van der Waals surface area (Å²) in [5, 5.41) is 0. The van der Waals surface area contributed by atoms with Gasteiger partial charge >= 0.3 is 0 Å². The number of anilines is 3. The van der Waals surface area contributed by atoms with Crippen LogP contribution in [0.3, 0.4) is 0 Å². The minimum Gasteiger partial charge on any atom is -0.310 e. The van der Waals surface area contributed by atoms with Gasteiger partial charge in [-0.15, -0.1) is 0 Å². The summed E-state index contributed by atoms with van der Waals surface area (Å²) in [7, 11) is 0. The first-order valence-electron chi connectivity index (χ1n) is 20.0. The molecule has 0 aromatic heterocycles. The lowest BCUT2D eigenvalue weighted by atomic mass is 9.60. The van der Waals surface area contributed by atoms with Gasteiger partial charge in [-0.3, -0.25) is 0 Å². The Kier molecular flexibility index (Phi) is 8.28. The van der Waals surface area contributed by atoms with Crippen LogP contribution in [0.4, 0.5) is 17.1 Å². The van der Waals surface area contributed by atoms with E-state index in [1.54, 1.807) is 0 Å². The zero-order valence-corrected chi connectivity index (χ0v) is 33.4. The quantitative estimate of drug-likeness (QED) is 0.166. The molecule has 272 valence electrons. The van der Waals surface area contributed by atoms with Crippen molar-refractivity contribution in [1.82, 2.24) is 0 Å². The van der Waals surface area contributed by atoms with Gasteiger partial charge in [-0.2, -0.15) is 0 Å². The Balaban J connectivity index is 1.34. The Bertz CT molecular complexity index is 2450. The number of aryl methyl sites for hydroxylation is 1. The van der Waals surface area contributed by atoms with Gasteiger partial charge in [0.15, 0.2) is 0 Å². The highest BCUT2D eigenvalue weighted by atomic mass is 15.1.